The van der Waals surface area contributed by atoms with Gasteiger partial charge in [0.15, 0.2) is 0 Å². The summed E-state index contributed by atoms with van der Waals surface area (Å²) in [5, 5.41) is 0. The number of hydrogen-bond acceptors (Lipinski definition) is 3. The van der Waals surface area contributed by atoms with Crippen LogP contribution in [0.2, 0.25) is 0 Å². The van der Waals surface area contributed by atoms with E-state index < -0.39 is 10.8 Å². The van der Waals surface area contributed by atoms with Crippen LogP contribution in [0.5, 0.6) is 0 Å². The molecular weight excluding hydrogens is 168 g/mol. The van der Waals surface area contributed by atoms with Gasteiger partial charge in [0.05, 0.1) is 10.8 Å². The molecule has 0 radical (unpaired) electrons. The first-order valence-electron chi connectivity index (χ1n) is 4.52. The summed E-state index contributed by atoms with van der Waals surface area (Å²) in [4.78, 5) is 23.0. The molecule has 72 valence electrons. The van der Waals surface area contributed by atoms with Crippen LogP contribution in [0.25, 0.3) is 0 Å². The van der Waals surface area contributed by atoms with Crippen molar-refractivity contribution < 1.29 is 14.3 Å². The third-order valence-electron chi connectivity index (χ3n) is 4.30. The zero-order chi connectivity index (χ0) is 10.1. The average molecular weight is 182 g/mol. The Labute approximate surface area is 77.4 Å². The maximum Gasteiger partial charge on any atom is 0.321 e. The van der Waals surface area contributed by atoms with Gasteiger partial charge in [0.1, 0.15) is 0 Å². The van der Waals surface area contributed by atoms with Crippen LogP contribution in [0.15, 0.2) is 0 Å². The lowest BCUT2D eigenvalue weighted by Crippen LogP contribution is -2.62. The second kappa shape index (κ2) is 1.81. The molecule has 0 aromatic rings. The lowest BCUT2D eigenvalue weighted by atomic mass is 9.39. The molecule has 1 saturated carbocycles. The zero-order valence-corrected chi connectivity index (χ0v) is 8.43. The van der Waals surface area contributed by atoms with Gasteiger partial charge in [0.25, 0.3) is 0 Å². The summed E-state index contributed by atoms with van der Waals surface area (Å²) in [6.45, 7) is 7.68. The predicted molar refractivity (Wildman–Crippen MR) is 45.7 cm³/mol. The molecule has 2 aliphatic rings. The highest BCUT2D eigenvalue weighted by Crippen LogP contribution is 2.71. The van der Waals surface area contributed by atoms with Gasteiger partial charge in [-0.1, -0.05) is 13.8 Å². The van der Waals surface area contributed by atoms with Gasteiger partial charge in [-0.3, -0.25) is 9.59 Å². The fourth-order valence-corrected chi connectivity index (χ4v) is 2.95. The molecule has 2 fully saturated rings. The topological polar surface area (TPSA) is 43.4 Å². The lowest BCUT2D eigenvalue weighted by molar-refractivity contribution is -0.179. The molecule has 0 aromatic heterocycles. The van der Waals surface area contributed by atoms with Crippen LogP contribution in [0.4, 0.5) is 0 Å². The summed E-state index contributed by atoms with van der Waals surface area (Å²) in [5.74, 6) is -0.699. The fourth-order valence-electron chi connectivity index (χ4n) is 2.95. The number of esters is 2. The molecule has 0 amide bonds. The van der Waals surface area contributed by atoms with E-state index in [0.717, 1.165) is 6.42 Å². The molecule has 1 saturated heterocycles. The number of ether oxygens (including phenoxy) is 1. The molecule has 0 bridgehead atoms. The Morgan fingerprint density at radius 1 is 1.08 bits per heavy atom. The van der Waals surface area contributed by atoms with Crippen LogP contribution >= 0.6 is 0 Å². The minimum absolute atomic E-state index is 0.120. The van der Waals surface area contributed by atoms with Crippen molar-refractivity contribution in [2.75, 3.05) is 0 Å². The summed E-state index contributed by atoms with van der Waals surface area (Å²) in [6.07, 6.45) is 0.737. The SMILES string of the molecule is CC1(C)CC2(C)C(=O)OC(=O)C12C. The Morgan fingerprint density at radius 2 is 1.62 bits per heavy atom. The number of rotatable bonds is 0. The van der Waals surface area contributed by atoms with Gasteiger partial charge in [-0.15, -0.1) is 0 Å². The number of fused-ring (bicyclic) bond motifs is 1. The van der Waals surface area contributed by atoms with E-state index >= 15 is 0 Å². The maximum atomic E-state index is 11.5. The Morgan fingerprint density at radius 3 is 1.92 bits per heavy atom. The molecule has 0 spiro atoms. The van der Waals surface area contributed by atoms with Crippen molar-refractivity contribution in [1.82, 2.24) is 0 Å². The van der Waals surface area contributed by atoms with Crippen molar-refractivity contribution in [1.29, 1.82) is 0 Å². The Hall–Kier alpha value is -0.860. The number of carbonyl (C=O) groups is 2. The van der Waals surface area contributed by atoms with Gasteiger partial charge in [-0.05, 0) is 25.7 Å². The van der Waals surface area contributed by atoms with E-state index in [-0.39, 0.29) is 17.4 Å². The van der Waals surface area contributed by atoms with E-state index in [9.17, 15) is 9.59 Å². The molecule has 2 unspecified atom stereocenters. The molecule has 3 nitrogen and oxygen atoms in total. The Kier molecular flexibility index (Phi) is 1.22. The number of carbonyl (C=O) groups excluding carboxylic acids is 2. The normalized spacial score (nSPS) is 46.8. The van der Waals surface area contributed by atoms with Crippen molar-refractivity contribution in [3.8, 4) is 0 Å². The summed E-state index contributed by atoms with van der Waals surface area (Å²) < 4.78 is 4.71. The number of cyclic esters (lactones) is 2. The largest absolute Gasteiger partial charge is 0.392 e. The van der Waals surface area contributed by atoms with Gasteiger partial charge in [0.2, 0.25) is 0 Å². The molecular formula is C10H14O3. The predicted octanol–water partition coefficient (Wildman–Crippen LogP) is 1.51. The minimum atomic E-state index is -0.614. The summed E-state index contributed by atoms with van der Waals surface area (Å²) in [5.41, 5.74) is -1.31. The highest BCUT2D eigenvalue weighted by Gasteiger charge is 2.77. The molecule has 3 heteroatoms. The maximum absolute atomic E-state index is 11.5. The van der Waals surface area contributed by atoms with E-state index in [1.165, 1.54) is 0 Å². The van der Waals surface area contributed by atoms with E-state index in [1.807, 2.05) is 27.7 Å². The van der Waals surface area contributed by atoms with E-state index in [2.05, 4.69) is 0 Å². The fraction of sp³-hybridized carbons (Fsp3) is 0.800. The first-order chi connectivity index (χ1) is 5.76. The smallest absolute Gasteiger partial charge is 0.321 e. The van der Waals surface area contributed by atoms with Crippen LogP contribution in [0.1, 0.15) is 34.1 Å². The van der Waals surface area contributed by atoms with Crippen molar-refractivity contribution in [2.45, 2.75) is 34.1 Å². The molecule has 1 aliphatic carbocycles. The Bertz CT molecular complexity index is 318. The zero-order valence-electron chi connectivity index (χ0n) is 8.43. The summed E-state index contributed by atoms with van der Waals surface area (Å²) >= 11 is 0. The van der Waals surface area contributed by atoms with Gasteiger partial charge in [0, 0.05) is 0 Å². The molecule has 2 rings (SSSR count). The third-order valence-corrected chi connectivity index (χ3v) is 4.30. The minimum Gasteiger partial charge on any atom is -0.392 e. The van der Waals surface area contributed by atoms with E-state index in [1.54, 1.807) is 0 Å². The van der Waals surface area contributed by atoms with Crippen LogP contribution in [-0.2, 0) is 14.3 Å². The molecule has 2 atom stereocenters. The summed E-state index contributed by atoms with van der Waals surface area (Å²) in [7, 11) is 0. The van der Waals surface area contributed by atoms with Crippen LogP contribution in [0, 0.1) is 16.2 Å². The van der Waals surface area contributed by atoms with E-state index in [4.69, 9.17) is 4.74 Å². The van der Waals surface area contributed by atoms with Gasteiger partial charge in [-0.25, -0.2) is 0 Å². The van der Waals surface area contributed by atoms with Gasteiger partial charge < -0.3 is 4.74 Å². The molecule has 0 aromatic carbocycles. The van der Waals surface area contributed by atoms with Crippen LogP contribution < -0.4 is 0 Å². The molecule has 1 heterocycles. The molecule has 1 aliphatic heterocycles. The average Bonchev–Trinajstić information content (AvgIpc) is 2.12. The highest BCUT2D eigenvalue weighted by molar-refractivity contribution is 6.03. The van der Waals surface area contributed by atoms with Gasteiger partial charge >= 0.3 is 11.9 Å². The van der Waals surface area contributed by atoms with Crippen molar-refractivity contribution in [3.05, 3.63) is 0 Å². The Balaban J connectivity index is 2.54. The van der Waals surface area contributed by atoms with Crippen LogP contribution in [-0.4, -0.2) is 11.9 Å². The third kappa shape index (κ3) is 0.607. The van der Waals surface area contributed by atoms with Gasteiger partial charge in [-0.2, -0.15) is 0 Å². The second-order valence-corrected chi connectivity index (χ2v) is 5.19. The second-order valence-electron chi connectivity index (χ2n) is 5.19. The van der Waals surface area contributed by atoms with Crippen LogP contribution in [0.3, 0.4) is 0 Å². The van der Waals surface area contributed by atoms with Crippen molar-refractivity contribution in [3.63, 3.8) is 0 Å². The molecule has 0 N–H and O–H groups in total. The lowest BCUT2D eigenvalue weighted by Gasteiger charge is -2.58. The standard InChI is InChI=1S/C10H14O3/c1-8(2)5-9(3)6(11)13-7(12)10(8,9)4/h5H2,1-4H3. The van der Waals surface area contributed by atoms with E-state index in [0.29, 0.717) is 0 Å². The van der Waals surface area contributed by atoms with Crippen molar-refractivity contribution in [2.24, 2.45) is 16.2 Å². The summed E-state index contributed by atoms with van der Waals surface area (Å²) in [6, 6.07) is 0. The number of hydrogen-bond donors (Lipinski definition) is 0. The first kappa shape index (κ1) is 8.73. The highest BCUT2D eigenvalue weighted by atomic mass is 16.6. The first-order valence-corrected chi connectivity index (χ1v) is 4.52. The monoisotopic (exact) mass is 182 g/mol. The quantitative estimate of drug-likeness (QED) is 0.421. The van der Waals surface area contributed by atoms with Crippen molar-refractivity contribution >= 4 is 11.9 Å². The molecule has 13 heavy (non-hydrogen) atoms.